The minimum absolute atomic E-state index is 0.0441. The quantitative estimate of drug-likeness (QED) is 0.777. The van der Waals surface area contributed by atoms with Crippen molar-refractivity contribution in [2.45, 2.75) is 30.7 Å². The molecule has 2 aliphatic rings. The average Bonchev–Trinajstić information content (AvgIpc) is 3.34. The van der Waals surface area contributed by atoms with Crippen molar-refractivity contribution in [1.82, 2.24) is 19.4 Å². The predicted octanol–water partition coefficient (Wildman–Crippen LogP) is 2.41. The topological polar surface area (TPSA) is 77.0 Å². The molecule has 27 heavy (non-hydrogen) atoms. The van der Waals surface area contributed by atoms with E-state index in [4.69, 9.17) is 10.7 Å². The smallest absolute Gasteiger partial charge is 0.254 e. The zero-order chi connectivity index (χ0) is 18.5. The molecule has 1 aliphatic heterocycles. The normalized spacial score (nSPS) is 22.5. The largest absolute Gasteiger partial charge is 0.338 e. The Morgan fingerprint density at radius 3 is 2.78 bits per heavy atom. The molecule has 2 fully saturated rings. The third-order valence-electron chi connectivity index (χ3n) is 5.80. The van der Waals surface area contributed by atoms with Crippen molar-refractivity contribution in [3.63, 3.8) is 0 Å². The van der Waals surface area contributed by atoms with Gasteiger partial charge in [-0.05, 0) is 25.0 Å². The number of pyridine rings is 1. The molecule has 1 saturated heterocycles. The van der Waals surface area contributed by atoms with E-state index in [1.807, 2.05) is 53.0 Å². The molecule has 3 heterocycles. The summed E-state index contributed by atoms with van der Waals surface area (Å²) in [6.45, 7) is 1.14. The van der Waals surface area contributed by atoms with Crippen LogP contribution in [0.5, 0.6) is 0 Å². The second kappa shape index (κ2) is 6.16. The maximum absolute atomic E-state index is 13.4. The molecule has 5 rings (SSSR count). The first kappa shape index (κ1) is 16.4. The van der Waals surface area contributed by atoms with E-state index in [9.17, 15) is 4.79 Å². The first-order valence-corrected chi connectivity index (χ1v) is 9.53. The number of nitrogens with two attached hydrogens (primary N) is 1. The van der Waals surface area contributed by atoms with Gasteiger partial charge in [-0.25, -0.2) is 4.98 Å². The van der Waals surface area contributed by atoms with Crippen LogP contribution in [0.2, 0.25) is 0 Å². The van der Waals surface area contributed by atoms with E-state index in [1.54, 1.807) is 6.20 Å². The van der Waals surface area contributed by atoms with Gasteiger partial charge in [0.2, 0.25) is 0 Å². The Balaban J connectivity index is 1.50. The molecular weight excluding hydrogens is 338 g/mol. The summed E-state index contributed by atoms with van der Waals surface area (Å²) in [5.41, 5.74) is 9.07. The molecule has 3 aromatic rings. The lowest BCUT2D eigenvalue weighted by molar-refractivity contribution is 0.0790. The first-order chi connectivity index (χ1) is 13.1. The van der Waals surface area contributed by atoms with Gasteiger partial charge in [0.05, 0.1) is 17.0 Å². The van der Waals surface area contributed by atoms with Crippen LogP contribution in [0, 0.1) is 0 Å². The van der Waals surface area contributed by atoms with Gasteiger partial charge in [0.15, 0.2) is 0 Å². The number of aromatic nitrogens is 3. The zero-order valence-electron chi connectivity index (χ0n) is 15.4. The summed E-state index contributed by atoms with van der Waals surface area (Å²) in [5, 5.41) is 0.918. The monoisotopic (exact) mass is 361 g/mol. The third kappa shape index (κ3) is 2.80. The van der Waals surface area contributed by atoms with Crippen LogP contribution in [0.1, 0.15) is 46.6 Å². The number of para-hydroxylation sites is 1. The van der Waals surface area contributed by atoms with Gasteiger partial charge in [-0.1, -0.05) is 18.2 Å². The Hall–Kier alpha value is -2.73. The molecule has 2 aromatic heterocycles. The summed E-state index contributed by atoms with van der Waals surface area (Å²) in [4.78, 5) is 24.5. The summed E-state index contributed by atoms with van der Waals surface area (Å²) in [6.07, 6.45) is 6.03. The lowest BCUT2D eigenvalue weighted by Crippen LogP contribution is -2.32. The highest BCUT2D eigenvalue weighted by atomic mass is 16.2. The van der Waals surface area contributed by atoms with Crippen molar-refractivity contribution in [3.8, 4) is 0 Å². The number of nitrogens with zero attached hydrogens (tertiary/aromatic N) is 4. The molecule has 6 nitrogen and oxygen atoms in total. The lowest BCUT2D eigenvalue weighted by Gasteiger charge is -2.18. The highest BCUT2D eigenvalue weighted by molar-refractivity contribution is 6.06. The second-order valence-corrected chi connectivity index (χ2v) is 7.76. The van der Waals surface area contributed by atoms with Crippen LogP contribution < -0.4 is 5.73 Å². The van der Waals surface area contributed by atoms with Crippen LogP contribution in [-0.2, 0) is 7.05 Å². The van der Waals surface area contributed by atoms with Crippen LogP contribution in [0.25, 0.3) is 10.9 Å². The van der Waals surface area contributed by atoms with E-state index in [-0.39, 0.29) is 17.9 Å². The highest BCUT2D eigenvalue weighted by Gasteiger charge is 2.37. The number of carbonyl (C=O) groups is 1. The summed E-state index contributed by atoms with van der Waals surface area (Å²) >= 11 is 0. The van der Waals surface area contributed by atoms with E-state index in [0.29, 0.717) is 19.0 Å². The van der Waals surface area contributed by atoms with Crippen molar-refractivity contribution in [1.29, 1.82) is 0 Å². The Kier molecular flexibility index (Phi) is 3.75. The van der Waals surface area contributed by atoms with Gasteiger partial charge >= 0.3 is 0 Å². The SMILES string of the molecule is Cn1ccnc1[C@@H]1CN(C(=O)c2cc(C3CC3)nc3ccccc23)C[C@H]1N. The minimum Gasteiger partial charge on any atom is -0.338 e. The van der Waals surface area contributed by atoms with Crippen LogP contribution >= 0.6 is 0 Å². The van der Waals surface area contributed by atoms with Crippen LogP contribution in [0.15, 0.2) is 42.7 Å². The van der Waals surface area contributed by atoms with Crippen LogP contribution in [0.3, 0.4) is 0 Å². The number of likely N-dealkylation sites (tertiary alicyclic amines) is 1. The number of amides is 1. The van der Waals surface area contributed by atoms with Gasteiger partial charge in [0.25, 0.3) is 5.91 Å². The maximum atomic E-state index is 13.4. The molecular formula is C21H23N5O. The summed E-state index contributed by atoms with van der Waals surface area (Å²) in [7, 11) is 1.97. The standard InChI is InChI=1S/C21H23N5O/c1-25-9-8-23-20(25)16-11-26(12-17(16)22)21(27)15-10-19(13-6-7-13)24-18-5-3-2-4-14(15)18/h2-5,8-10,13,16-17H,6-7,11-12,22H2,1H3/t16-,17-/m1/s1. The molecule has 2 atom stereocenters. The molecule has 6 heteroatoms. The van der Waals surface area contributed by atoms with E-state index in [1.165, 1.54) is 0 Å². The Morgan fingerprint density at radius 2 is 2.04 bits per heavy atom. The van der Waals surface area contributed by atoms with Gasteiger partial charge < -0.3 is 15.2 Å². The number of aryl methyl sites for hydroxylation is 1. The predicted molar refractivity (Wildman–Crippen MR) is 104 cm³/mol. The number of imidazole rings is 1. The van der Waals surface area contributed by atoms with Gasteiger partial charge in [0.1, 0.15) is 5.82 Å². The Morgan fingerprint density at radius 1 is 1.22 bits per heavy atom. The minimum atomic E-state index is -0.106. The van der Waals surface area contributed by atoms with E-state index in [0.717, 1.165) is 40.8 Å². The molecule has 1 aliphatic carbocycles. The molecule has 0 spiro atoms. The third-order valence-corrected chi connectivity index (χ3v) is 5.80. The summed E-state index contributed by atoms with van der Waals surface area (Å²) in [5.74, 6) is 1.55. The van der Waals surface area contributed by atoms with E-state index >= 15 is 0 Å². The molecule has 0 unspecified atom stereocenters. The summed E-state index contributed by atoms with van der Waals surface area (Å²) < 4.78 is 1.99. The highest BCUT2D eigenvalue weighted by Crippen LogP contribution is 2.40. The van der Waals surface area contributed by atoms with Gasteiger partial charge in [-0.15, -0.1) is 0 Å². The molecule has 138 valence electrons. The van der Waals surface area contributed by atoms with Gasteiger partial charge in [0, 0.05) is 55.6 Å². The number of fused-ring (bicyclic) bond motifs is 1. The van der Waals surface area contributed by atoms with Gasteiger partial charge in [-0.2, -0.15) is 0 Å². The van der Waals surface area contributed by atoms with Crippen molar-refractivity contribution in [3.05, 3.63) is 59.8 Å². The van der Waals surface area contributed by atoms with Crippen molar-refractivity contribution in [2.75, 3.05) is 13.1 Å². The number of hydrogen-bond acceptors (Lipinski definition) is 4. The maximum Gasteiger partial charge on any atom is 0.254 e. The van der Waals surface area contributed by atoms with Crippen LogP contribution in [0.4, 0.5) is 0 Å². The van der Waals surface area contributed by atoms with Crippen molar-refractivity contribution in [2.24, 2.45) is 12.8 Å². The van der Waals surface area contributed by atoms with Gasteiger partial charge in [-0.3, -0.25) is 9.78 Å². The molecule has 0 radical (unpaired) electrons. The fraction of sp³-hybridized carbons (Fsp3) is 0.381. The molecule has 2 N–H and O–H groups in total. The van der Waals surface area contributed by atoms with Crippen LogP contribution in [-0.4, -0.2) is 44.5 Å². The number of benzene rings is 1. The first-order valence-electron chi connectivity index (χ1n) is 9.53. The van der Waals surface area contributed by atoms with Crippen molar-refractivity contribution < 1.29 is 4.79 Å². The Bertz CT molecular complexity index is 1020. The fourth-order valence-corrected chi connectivity index (χ4v) is 4.13. The number of carbonyl (C=O) groups excluding carboxylic acids is 1. The Labute approximate surface area is 158 Å². The molecule has 0 bridgehead atoms. The second-order valence-electron chi connectivity index (χ2n) is 7.76. The lowest BCUT2D eigenvalue weighted by atomic mass is 10.0. The number of rotatable bonds is 3. The van der Waals surface area contributed by atoms with E-state index < -0.39 is 0 Å². The van der Waals surface area contributed by atoms with Crippen molar-refractivity contribution >= 4 is 16.8 Å². The molecule has 1 saturated carbocycles. The summed E-state index contributed by atoms with van der Waals surface area (Å²) in [6, 6.07) is 9.81. The fourth-order valence-electron chi connectivity index (χ4n) is 4.13. The average molecular weight is 361 g/mol. The number of hydrogen-bond donors (Lipinski definition) is 1. The zero-order valence-corrected chi connectivity index (χ0v) is 15.4. The molecule has 1 aromatic carbocycles. The van der Waals surface area contributed by atoms with E-state index in [2.05, 4.69) is 4.98 Å². The molecule has 1 amide bonds.